The van der Waals surface area contributed by atoms with Crippen LogP contribution in [0.1, 0.15) is 37.6 Å². The molecule has 1 fully saturated rings. The highest BCUT2D eigenvalue weighted by Gasteiger charge is 2.24. The molecule has 1 aromatic heterocycles. The van der Waals surface area contributed by atoms with Crippen molar-refractivity contribution in [2.45, 2.75) is 45.6 Å². The zero-order chi connectivity index (χ0) is 12.1. The Bertz CT molecular complexity index is 339. The Morgan fingerprint density at radius 3 is 3.00 bits per heavy atom. The van der Waals surface area contributed by atoms with Gasteiger partial charge in [0.1, 0.15) is 5.01 Å². The minimum Gasteiger partial charge on any atom is -0.342 e. The van der Waals surface area contributed by atoms with Gasteiger partial charge in [-0.1, -0.05) is 18.3 Å². The third-order valence-corrected chi connectivity index (χ3v) is 4.07. The lowest BCUT2D eigenvalue weighted by Gasteiger charge is -2.35. The van der Waals surface area contributed by atoms with Crippen molar-refractivity contribution in [3.63, 3.8) is 0 Å². The van der Waals surface area contributed by atoms with Crippen molar-refractivity contribution < 1.29 is 0 Å². The lowest BCUT2D eigenvalue weighted by molar-refractivity contribution is 0.434. The van der Waals surface area contributed by atoms with Crippen LogP contribution in [0.15, 0.2) is 0 Å². The second kappa shape index (κ2) is 6.31. The summed E-state index contributed by atoms with van der Waals surface area (Å²) in [5.74, 6) is 0. The molecule has 0 saturated carbocycles. The Kier molecular flexibility index (Phi) is 4.74. The van der Waals surface area contributed by atoms with Crippen molar-refractivity contribution in [2.75, 3.05) is 24.5 Å². The van der Waals surface area contributed by atoms with E-state index < -0.39 is 0 Å². The van der Waals surface area contributed by atoms with Crippen LogP contribution in [0.5, 0.6) is 0 Å². The van der Waals surface area contributed by atoms with Crippen molar-refractivity contribution in [1.29, 1.82) is 0 Å². The number of nitrogens with one attached hydrogen (secondary N) is 1. The number of rotatable bonds is 5. The van der Waals surface area contributed by atoms with E-state index in [1.807, 2.05) is 6.92 Å². The molecule has 0 bridgehead atoms. The van der Waals surface area contributed by atoms with Crippen LogP contribution >= 0.6 is 11.3 Å². The molecule has 96 valence electrons. The van der Waals surface area contributed by atoms with Crippen molar-refractivity contribution in [2.24, 2.45) is 0 Å². The van der Waals surface area contributed by atoms with E-state index in [0.717, 1.165) is 29.8 Å². The molecular weight excluding hydrogens is 232 g/mol. The average Bonchev–Trinajstić information content (AvgIpc) is 2.77. The van der Waals surface area contributed by atoms with Crippen molar-refractivity contribution in [1.82, 2.24) is 15.5 Å². The molecule has 0 radical (unpaired) electrons. The predicted molar refractivity (Wildman–Crippen MR) is 72.8 cm³/mol. The zero-order valence-electron chi connectivity index (χ0n) is 10.8. The Morgan fingerprint density at radius 1 is 1.41 bits per heavy atom. The quantitative estimate of drug-likeness (QED) is 0.818. The molecule has 1 N–H and O–H groups in total. The van der Waals surface area contributed by atoms with Crippen molar-refractivity contribution in [3.05, 3.63) is 5.01 Å². The number of anilines is 1. The Labute approximate surface area is 107 Å². The summed E-state index contributed by atoms with van der Waals surface area (Å²) in [6.07, 6.45) is 5.09. The molecule has 17 heavy (non-hydrogen) atoms. The molecule has 1 aromatic rings. The first-order valence-electron chi connectivity index (χ1n) is 6.58. The molecule has 0 spiro atoms. The molecule has 2 rings (SSSR count). The highest BCUT2D eigenvalue weighted by molar-refractivity contribution is 7.15. The molecule has 1 aliphatic heterocycles. The van der Waals surface area contributed by atoms with Crippen LogP contribution in [0.25, 0.3) is 0 Å². The molecule has 1 unspecified atom stereocenters. The topological polar surface area (TPSA) is 41.0 Å². The smallest absolute Gasteiger partial charge is 0.208 e. The average molecular weight is 254 g/mol. The van der Waals surface area contributed by atoms with Gasteiger partial charge in [-0.3, -0.25) is 0 Å². The monoisotopic (exact) mass is 254 g/mol. The summed E-state index contributed by atoms with van der Waals surface area (Å²) in [5, 5.41) is 14.1. The number of aromatic nitrogens is 2. The van der Waals surface area contributed by atoms with Crippen LogP contribution in [0.4, 0.5) is 5.13 Å². The molecular formula is C12H22N4S. The summed E-state index contributed by atoms with van der Waals surface area (Å²) in [7, 11) is 0. The highest BCUT2D eigenvalue weighted by Crippen LogP contribution is 2.26. The first-order chi connectivity index (χ1) is 8.31. The van der Waals surface area contributed by atoms with Crippen LogP contribution in [-0.2, 0) is 0 Å². The summed E-state index contributed by atoms with van der Waals surface area (Å²) in [4.78, 5) is 2.44. The summed E-state index contributed by atoms with van der Waals surface area (Å²) >= 11 is 1.71. The first kappa shape index (κ1) is 12.8. The zero-order valence-corrected chi connectivity index (χ0v) is 11.6. The molecule has 0 amide bonds. The minimum absolute atomic E-state index is 0.600. The van der Waals surface area contributed by atoms with Gasteiger partial charge in [0.05, 0.1) is 0 Å². The van der Waals surface area contributed by atoms with E-state index in [9.17, 15) is 0 Å². The lowest BCUT2D eigenvalue weighted by Crippen LogP contribution is -2.45. The molecule has 5 heteroatoms. The van der Waals surface area contributed by atoms with E-state index in [-0.39, 0.29) is 0 Å². The van der Waals surface area contributed by atoms with Crippen LogP contribution in [0, 0.1) is 6.92 Å². The van der Waals surface area contributed by atoms with Gasteiger partial charge in [0.2, 0.25) is 5.13 Å². The number of aryl methyl sites for hydroxylation is 1. The standard InChI is InChI=1S/C12H22N4S/c1-3-7-13-9-11-6-4-5-8-16(11)12-15-14-10(2)17-12/h11,13H,3-9H2,1-2H3. The van der Waals surface area contributed by atoms with Gasteiger partial charge in [-0.2, -0.15) is 0 Å². The SMILES string of the molecule is CCCNCC1CCCCN1c1nnc(C)s1. The number of hydrogen-bond acceptors (Lipinski definition) is 5. The molecule has 1 aliphatic rings. The first-order valence-corrected chi connectivity index (χ1v) is 7.40. The van der Waals surface area contributed by atoms with Gasteiger partial charge in [-0.15, -0.1) is 10.2 Å². The predicted octanol–water partition coefficient (Wildman–Crippen LogP) is 2.21. The second-order valence-corrected chi connectivity index (χ2v) is 5.81. The third-order valence-electron chi connectivity index (χ3n) is 3.19. The lowest BCUT2D eigenvalue weighted by atomic mass is 10.0. The molecule has 4 nitrogen and oxygen atoms in total. The van der Waals surface area contributed by atoms with Gasteiger partial charge in [0, 0.05) is 19.1 Å². The van der Waals surface area contributed by atoms with E-state index in [4.69, 9.17) is 0 Å². The maximum absolute atomic E-state index is 4.28. The number of hydrogen-bond donors (Lipinski definition) is 1. The van der Waals surface area contributed by atoms with E-state index in [1.54, 1.807) is 11.3 Å². The second-order valence-electron chi connectivity index (χ2n) is 4.65. The molecule has 1 atom stereocenters. The van der Waals surface area contributed by atoms with Gasteiger partial charge in [0.15, 0.2) is 0 Å². The van der Waals surface area contributed by atoms with E-state index in [2.05, 4.69) is 27.3 Å². The molecule has 2 heterocycles. The summed E-state index contributed by atoms with van der Waals surface area (Å²) in [6, 6.07) is 0.600. The Hall–Kier alpha value is -0.680. The Morgan fingerprint density at radius 2 is 2.29 bits per heavy atom. The van der Waals surface area contributed by atoms with Crippen LogP contribution in [0.3, 0.4) is 0 Å². The largest absolute Gasteiger partial charge is 0.342 e. The summed E-state index contributed by atoms with van der Waals surface area (Å²) < 4.78 is 0. The van der Waals surface area contributed by atoms with Gasteiger partial charge in [-0.25, -0.2) is 0 Å². The highest BCUT2D eigenvalue weighted by atomic mass is 32.1. The fourth-order valence-corrected chi connectivity index (χ4v) is 3.10. The van der Waals surface area contributed by atoms with Gasteiger partial charge >= 0.3 is 0 Å². The molecule has 1 saturated heterocycles. The van der Waals surface area contributed by atoms with Gasteiger partial charge < -0.3 is 10.2 Å². The molecule has 0 aromatic carbocycles. The van der Waals surface area contributed by atoms with Gasteiger partial charge in [-0.05, 0) is 39.2 Å². The van der Waals surface area contributed by atoms with E-state index >= 15 is 0 Å². The number of nitrogens with zero attached hydrogens (tertiary/aromatic N) is 3. The Balaban J connectivity index is 1.96. The van der Waals surface area contributed by atoms with Crippen LogP contribution in [0.2, 0.25) is 0 Å². The fraction of sp³-hybridized carbons (Fsp3) is 0.833. The third kappa shape index (κ3) is 3.39. The van der Waals surface area contributed by atoms with Crippen molar-refractivity contribution >= 4 is 16.5 Å². The maximum atomic E-state index is 4.28. The normalized spacial score (nSPS) is 20.8. The van der Waals surface area contributed by atoms with Crippen molar-refractivity contribution in [3.8, 4) is 0 Å². The maximum Gasteiger partial charge on any atom is 0.208 e. The van der Waals surface area contributed by atoms with E-state index in [0.29, 0.717) is 6.04 Å². The van der Waals surface area contributed by atoms with E-state index in [1.165, 1.54) is 25.7 Å². The van der Waals surface area contributed by atoms with Crippen LogP contribution in [-0.4, -0.2) is 35.9 Å². The summed E-state index contributed by atoms with van der Waals surface area (Å²) in [6.45, 7) is 7.55. The molecule has 0 aliphatic carbocycles. The van der Waals surface area contributed by atoms with Gasteiger partial charge in [0.25, 0.3) is 0 Å². The van der Waals surface area contributed by atoms with Crippen LogP contribution < -0.4 is 10.2 Å². The fourth-order valence-electron chi connectivity index (χ4n) is 2.31. The number of piperidine rings is 1. The minimum atomic E-state index is 0.600. The summed E-state index contributed by atoms with van der Waals surface area (Å²) in [5.41, 5.74) is 0.